The van der Waals surface area contributed by atoms with Gasteiger partial charge in [0, 0.05) is 0 Å². The number of rotatable bonds is 4. The highest BCUT2D eigenvalue weighted by atomic mass is 35.5. The predicted molar refractivity (Wildman–Crippen MR) is 62.0 cm³/mol. The molecule has 1 unspecified atom stereocenters. The van der Waals surface area contributed by atoms with Gasteiger partial charge in [0.2, 0.25) is 11.8 Å². The first-order chi connectivity index (χ1) is 7.50. The van der Waals surface area contributed by atoms with Crippen LogP contribution in [0.5, 0.6) is 0 Å². The van der Waals surface area contributed by atoms with Crippen LogP contribution >= 0.6 is 11.6 Å². The Balaban J connectivity index is 2.63. The zero-order chi connectivity index (χ0) is 12.1. The minimum Gasteiger partial charge on any atom is -0.368 e. The first kappa shape index (κ1) is 12.5. The highest BCUT2D eigenvalue weighted by molar-refractivity contribution is 6.30. The van der Waals surface area contributed by atoms with Crippen molar-refractivity contribution < 1.29 is 9.59 Å². The average molecular weight is 241 g/mol. The van der Waals surface area contributed by atoms with Gasteiger partial charge in [-0.05, 0) is 12.5 Å². The summed E-state index contributed by atoms with van der Waals surface area (Å²) in [6.45, 7) is 1.74. The van der Waals surface area contributed by atoms with Crippen molar-refractivity contribution >= 4 is 23.4 Å². The number of primary amides is 1. The van der Waals surface area contributed by atoms with E-state index in [1.165, 1.54) is 0 Å². The number of nitrogens with one attached hydrogen (secondary N) is 1. The third-order valence-electron chi connectivity index (χ3n) is 2.04. The molecule has 0 aromatic heterocycles. The third-order valence-corrected chi connectivity index (χ3v) is 2.49. The van der Waals surface area contributed by atoms with Crippen LogP contribution in [0.25, 0.3) is 0 Å². The Labute approximate surface area is 98.8 Å². The number of benzene rings is 1. The Morgan fingerprint density at radius 3 is 2.44 bits per heavy atom. The van der Waals surface area contributed by atoms with Gasteiger partial charge in [-0.3, -0.25) is 9.59 Å². The first-order valence-electron chi connectivity index (χ1n) is 4.77. The van der Waals surface area contributed by atoms with Crippen molar-refractivity contribution in [3.05, 3.63) is 35.4 Å². The Morgan fingerprint density at radius 1 is 1.38 bits per heavy atom. The van der Waals surface area contributed by atoms with Gasteiger partial charge in [-0.2, -0.15) is 0 Å². The molecule has 16 heavy (non-hydrogen) atoms. The van der Waals surface area contributed by atoms with E-state index in [1.54, 1.807) is 12.1 Å². The van der Waals surface area contributed by atoms with E-state index in [0.717, 1.165) is 5.56 Å². The van der Waals surface area contributed by atoms with Crippen LogP contribution in [0.4, 0.5) is 0 Å². The van der Waals surface area contributed by atoms with E-state index in [4.69, 9.17) is 17.3 Å². The molecule has 0 radical (unpaired) electrons. The lowest BCUT2D eigenvalue weighted by Gasteiger charge is -2.09. The van der Waals surface area contributed by atoms with Crippen LogP contribution in [0.3, 0.4) is 0 Å². The van der Waals surface area contributed by atoms with Crippen LogP contribution in [-0.2, 0) is 9.59 Å². The maximum atomic E-state index is 11.5. The number of nitrogens with two attached hydrogens (primary N) is 1. The Bertz CT molecular complexity index is 389. The molecule has 0 saturated carbocycles. The zero-order valence-corrected chi connectivity index (χ0v) is 9.62. The van der Waals surface area contributed by atoms with Crippen LogP contribution < -0.4 is 11.1 Å². The number of hydrogen-bond acceptors (Lipinski definition) is 2. The van der Waals surface area contributed by atoms with Gasteiger partial charge in [-0.1, -0.05) is 29.8 Å². The van der Waals surface area contributed by atoms with Crippen molar-refractivity contribution in [2.24, 2.45) is 5.73 Å². The zero-order valence-electron chi connectivity index (χ0n) is 8.87. The molecule has 4 nitrogen and oxygen atoms in total. The van der Waals surface area contributed by atoms with Gasteiger partial charge in [-0.25, -0.2) is 0 Å². The first-order valence-corrected chi connectivity index (χ1v) is 5.21. The van der Waals surface area contributed by atoms with Crippen molar-refractivity contribution in [1.29, 1.82) is 0 Å². The molecular formula is C11H13ClN2O2. The molecule has 0 aliphatic rings. The maximum absolute atomic E-state index is 11.5. The van der Waals surface area contributed by atoms with Crippen molar-refractivity contribution in [3.63, 3.8) is 0 Å². The third kappa shape index (κ3) is 3.55. The van der Waals surface area contributed by atoms with Gasteiger partial charge in [0.1, 0.15) is 5.38 Å². The van der Waals surface area contributed by atoms with E-state index in [-0.39, 0.29) is 6.54 Å². The topological polar surface area (TPSA) is 72.2 Å². The van der Waals surface area contributed by atoms with Gasteiger partial charge in [0.25, 0.3) is 0 Å². The summed E-state index contributed by atoms with van der Waals surface area (Å²) in [4.78, 5) is 22.0. The summed E-state index contributed by atoms with van der Waals surface area (Å²) in [5.74, 6) is -1.02. The van der Waals surface area contributed by atoms with Gasteiger partial charge in [0.15, 0.2) is 0 Å². The standard InChI is InChI=1S/C11H13ClN2O2/c1-7-2-4-8(5-3-7)10(12)11(16)14-6-9(13)15/h2-5,10H,6H2,1H3,(H2,13,15)(H,14,16). The fraction of sp³-hybridized carbons (Fsp3) is 0.273. The smallest absolute Gasteiger partial charge is 0.243 e. The highest BCUT2D eigenvalue weighted by Crippen LogP contribution is 2.20. The molecule has 5 heteroatoms. The van der Waals surface area contributed by atoms with E-state index in [2.05, 4.69) is 5.32 Å². The lowest BCUT2D eigenvalue weighted by molar-refractivity contribution is -0.124. The van der Waals surface area contributed by atoms with Crippen LogP contribution in [0.2, 0.25) is 0 Å². The van der Waals surface area contributed by atoms with Crippen molar-refractivity contribution in [1.82, 2.24) is 5.32 Å². The minimum atomic E-state index is -0.806. The summed E-state index contributed by atoms with van der Waals surface area (Å²) in [7, 11) is 0. The van der Waals surface area contributed by atoms with Gasteiger partial charge < -0.3 is 11.1 Å². The van der Waals surface area contributed by atoms with Crippen molar-refractivity contribution in [3.8, 4) is 0 Å². The summed E-state index contributed by atoms with van der Waals surface area (Å²) < 4.78 is 0. The lowest BCUT2D eigenvalue weighted by Crippen LogP contribution is -2.35. The molecule has 1 aromatic carbocycles. The Kier molecular flexibility index (Phi) is 4.31. The fourth-order valence-corrected chi connectivity index (χ4v) is 1.37. The molecule has 0 heterocycles. The van der Waals surface area contributed by atoms with Crippen LogP contribution in [-0.4, -0.2) is 18.4 Å². The summed E-state index contributed by atoms with van der Waals surface area (Å²) in [6, 6.07) is 7.28. The average Bonchev–Trinajstić information content (AvgIpc) is 2.26. The fourth-order valence-electron chi connectivity index (χ4n) is 1.15. The van der Waals surface area contributed by atoms with Gasteiger partial charge in [-0.15, -0.1) is 11.6 Å². The molecule has 0 aliphatic carbocycles. The largest absolute Gasteiger partial charge is 0.368 e. The summed E-state index contributed by atoms with van der Waals surface area (Å²) in [5, 5.41) is 1.54. The lowest BCUT2D eigenvalue weighted by atomic mass is 10.1. The molecule has 1 rings (SSSR count). The highest BCUT2D eigenvalue weighted by Gasteiger charge is 2.17. The number of amides is 2. The molecular weight excluding hydrogens is 228 g/mol. The summed E-state index contributed by atoms with van der Waals surface area (Å²) >= 11 is 5.93. The number of hydrogen-bond donors (Lipinski definition) is 2. The second kappa shape index (κ2) is 5.51. The molecule has 3 N–H and O–H groups in total. The monoisotopic (exact) mass is 240 g/mol. The molecule has 0 fully saturated rings. The van der Waals surface area contributed by atoms with Crippen LogP contribution in [0.15, 0.2) is 24.3 Å². The number of alkyl halides is 1. The second-order valence-corrected chi connectivity index (χ2v) is 3.89. The molecule has 86 valence electrons. The number of carbonyl (C=O) groups excluding carboxylic acids is 2. The quantitative estimate of drug-likeness (QED) is 0.767. The van der Waals surface area contributed by atoms with E-state index < -0.39 is 17.2 Å². The van der Waals surface area contributed by atoms with Crippen molar-refractivity contribution in [2.45, 2.75) is 12.3 Å². The SMILES string of the molecule is Cc1ccc(C(Cl)C(=O)NCC(N)=O)cc1. The molecule has 0 aliphatic heterocycles. The Hall–Kier alpha value is -1.55. The van der Waals surface area contributed by atoms with Gasteiger partial charge >= 0.3 is 0 Å². The van der Waals surface area contributed by atoms with E-state index in [0.29, 0.717) is 5.56 Å². The number of carbonyl (C=O) groups is 2. The molecule has 2 amide bonds. The molecule has 1 aromatic rings. The van der Waals surface area contributed by atoms with E-state index in [9.17, 15) is 9.59 Å². The summed E-state index contributed by atoms with van der Waals surface area (Å²) in [5.41, 5.74) is 6.68. The Morgan fingerprint density at radius 2 is 1.94 bits per heavy atom. The number of halogens is 1. The van der Waals surface area contributed by atoms with Crippen molar-refractivity contribution in [2.75, 3.05) is 6.54 Å². The van der Waals surface area contributed by atoms with E-state index in [1.807, 2.05) is 19.1 Å². The molecule has 0 saturated heterocycles. The predicted octanol–water partition coefficient (Wildman–Crippen LogP) is 0.876. The molecule has 1 atom stereocenters. The van der Waals surface area contributed by atoms with Crippen LogP contribution in [0, 0.1) is 6.92 Å². The van der Waals surface area contributed by atoms with E-state index >= 15 is 0 Å². The maximum Gasteiger partial charge on any atom is 0.243 e. The van der Waals surface area contributed by atoms with Gasteiger partial charge in [0.05, 0.1) is 6.54 Å². The normalized spacial score (nSPS) is 11.9. The van der Waals surface area contributed by atoms with Crippen LogP contribution in [0.1, 0.15) is 16.5 Å². The molecule has 0 spiro atoms. The number of aryl methyl sites for hydroxylation is 1. The summed E-state index contributed by atoms with van der Waals surface area (Å²) in [6.07, 6.45) is 0. The molecule has 0 bridgehead atoms. The minimum absolute atomic E-state index is 0.200. The second-order valence-electron chi connectivity index (χ2n) is 3.46.